The zero-order chi connectivity index (χ0) is 15.9. The fourth-order valence-corrected chi connectivity index (χ4v) is 2.68. The van der Waals surface area contributed by atoms with E-state index in [4.69, 9.17) is 16.9 Å². The number of hydrogen-bond donors (Lipinski definition) is 1. The molecule has 0 bridgehead atoms. The van der Waals surface area contributed by atoms with Gasteiger partial charge >= 0.3 is 6.18 Å². The molecule has 0 spiro atoms. The van der Waals surface area contributed by atoms with Gasteiger partial charge in [0.15, 0.2) is 6.04 Å². The highest BCUT2D eigenvalue weighted by Crippen LogP contribution is 2.44. The molecule has 1 aromatic heterocycles. The molecule has 3 rings (SSSR count). The summed E-state index contributed by atoms with van der Waals surface area (Å²) in [6, 6.07) is 6.10. The molecule has 0 fully saturated rings. The fourth-order valence-electron chi connectivity index (χ4n) is 2.56. The van der Waals surface area contributed by atoms with Crippen LogP contribution in [0.3, 0.4) is 0 Å². The molecule has 2 atom stereocenters. The van der Waals surface area contributed by atoms with Gasteiger partial charge in [0.25, 0.3) is 0 Å². The Morgan fingerprint density at radius 2 is 2.00 bits per heavy atom. The normalized spacial score (nSPS) is 20.9. The monoisotopic (exact) mass is 326 g/mol. The molecule has 0 radical (unpaired) electrons. The summed E-state index contributed by atoms with van der Waals surface area (Å²) in [5.74, 6) is 0.0935. The number of nitrogens with zero attached hydrogens (tertiary/aromatic N) is 3. The Morgan fingerprint density at radius 3 is 2.59 bits per heavy atom. The molecule has 0 saturated carbocycles. The van der Waals surface area contributed by atoms with Gasteiger partial charge in [-0.25, -0.2) is 4.68 Å². The van der Waals surface area contributed by atoms with Gasteiger partial charge in [-0.1, -0.05) is 23.7 Å². The third-order valence-corrected chi connectivity index (χ3v) is 3.88. The number of nitrogens with one attached hydrogen (secondary N) is 1. The van der Waals surface area contributed by atoms with Gasteiger partial charge in [-0.05, 0) is 17.7 Å². The summed E-state index contributed by atoms with van der Waals surface area (Å²) in [5, 5.41) is 16.2. The first-order valence-electron chi connectivity index (χ1n) is 6.46. The maximum Gasteiger partial charge on any atom is 0.410 e. The van der Waals surface area contributed by atoms with E-state index in [0.29, 0.717) is 10.6 Å². The van der Waals surface area contributed by atoms with Crippen molar-refractivity contribution in [1.29, 1.82) is 5.26 Å². The zero-order valence-electron chi connectivity index (χ0n) is 11.1. The molecular weight excluding hydrogens is 317 g/mol. The number of nitriles is 1. The van der Waals surface area contributed by atoms with Crippen LogP contribution < -0.4 is 5.32 Å². The van der Waals surface area contributed by atoms with E-state index in [1.807, 2.05) is 6.07 Å². The topological polar surface area (TPSA) is 53.6 Å². The van der Waals surface area contributed by atoms with E-state index in [2.05, 4.69) is 10.4 Å². The first kappa shape index (κ1) is 14.7. The van der Waals surface area contributed by atoms with Crippen LogP contribution in [0.25, 0.3) is 0 Å². The van der Waals surface area contributed by atoms with Crippen LogP contribution in [0.4, 0.5) is 19.0 Å². The highest BCUT2D eigenvalue weighted by Gasteiger charge is 2.46. The average molecular weight is 327 g/mol. The molecule has 4 nitrogen and oxygen atoms in total. The van der Waals surface area contributed by atoms with Crippen LogP contribution in [-0.4, -0.2) is 16.0 Å². The van der Waals surface area contributed by atoms with Crippen LogP contribution in [0, 0.1) is 11.3 Å². The molecule has 114 valence electrons. The Kier molecular flexibility index (Phi) is 3.49. The lowest BCUT2D eigenvalue weighted by Crippen LogP contribution is -2.35. The summed E-state index contributed by atoms with van der Waals surface area (Å²) in [4.78, 5) is 0. The Morgan fingerprint density at radius 1 is 1.32 bits per heavy atom. The van der Waals surface area contributed by atoms with E-state index >= 15 is 0 Å². The standard InChI is InChI=1S/C14H10ClF3N4/c15-10-3-1-8(2-4-10)11-5-12(14(16,17)18)22-13(21-11)9(6-19)7-20-22/h1-4,7,11-12,21H,5H2/t11-,12+/m1/s1. The average Bonchev–Trinajstić information content (AvgIpc) is 2.88. The molecule has 1 aliphatic rings. The van der Waals surface area contributed by atoms with Crippen LogP contribution >= 0.6 is 11.6 Å². The quantitative estimate of drug-likeness (QED) is 0.859. The highest BCUT2D eigenvalue weighted by molar-refractivity contribution is 6.30. The van der Waals surface area contributed by atoms with Crippen molar-refractivity contribution < 1.29 is 13.2 Å². The van der Waals surface area contributed by atoms with Gasteiger partial charge in [0.1, 0.15) is 17.5 Å². The van der Waals surface area contributed by atoms with Gasteiger partial charge in [-0.3, -0.25) is 0 Å². The molecular formula is C14H10ClF3N4. The molecule has 1 aliphatic heterocycles. The molecule has 2 aromatic rings. The van der Waals surface area contributed by atoms with Gasteiger partial charge in [0.2, 0.25) is 0 Å². The number of benzene rings is 1. The minimum atomic E-state index is -4.44. The molecule has 1 aromatic carbocycles. The maximum atomic E-state index is 13.3. The predicted molar refractivity (Wildman–Crippen MR) is 74.5 cm³/mol. The molecule has 22 heavy (non-hydrogen) atoms. The van der Waals surface area contributed by atoms with E-state index in [9.17, 15) is 13.2 Å². The summed E-state index contributed by atoms with van der Waals surface area (Å²) < 4.78 is 40.7. The van der Waals surface area contributed by atoms with E-state index in [-0.39, 0.29) is 17.8 Å². The number of aromatic nitrogens is 2. The number of hydrogen-bond acceptors (Lipinski definition) is 3. The lowest BCUT2D eigenvalue weighted by atomic mass is 9.96. The number of halogens is 4. The minimum Gasteiger partial charge on any atom is -0.362 e. The maximum absolute atomic E-state index is 13.3. The minimum absolute atomic E-state index is 0.0907. The lowest BCUT2D eigenvalue weighted by molar-refractivity contribution is -0.173. The summed E-state index contributed by atoms with van der Waals surface area (Å²) in [5.41, 5.74) is 0.767. The largest absolute Gasteiger partial charge is 0.410 e. The summed E-state index contributed by atoms with van der Waals surface area (Å²) in [6.07, 6.45) is -3.50. The van der Waals surface area contributed by atoms with Crippen LogP contribution in [0.1, 0.15) is 29.6 Å². The molecule has 1 N–H and O–H groups in total. The van der Waals surface area contributed by atoms with E-state index < -0.39 is 18.3 Å². The first-order valence-corrected chi connectivity index (χ1v) is 6.84. The van der Waals surface area contributed by atoms with E-state index in [1.54, 1.807) is 24.3 Å². The summed E-state index contributed by atoms with van der Waals surface area (Å²) >= 11 is 5.81. The van der Waals surface area contributed by atoms with Crippen molar-refractivity contribution >= 4 is 17.4 Å². The Hall–Kier alpha value is -2.20. The van der Waals surface area contributed by atoms with Crippen LogP contribution in [0.5, 0.6) is 0 Å². The molecule has 2 heterocycles. The van der Waals surface area contributed by atoms with Crippen LogP contribution in [0.2, 0.25) is 5.02 Å². The first-order chi connectivity index (χ1) is 10.4. The van der Waals surface area contributed by atoms with Crippen molar-refractivity contribution in [3.05, 3.63) is 46.6 Å². The molecule has 0 aliphatic carbocycles. The van der Waals surface area contributed by atoms with Gasteiger partial charge < -0.3 is 5.32 Å². The molecule has 0 unspecified atom stereocenters. The van der Waals surface area contributed by atoms with Crippen molar-refractivity contribution in [2.45, 2.75) is 24.7 Å². The van der Waals surface area contributed by atoms with Crippen molar-refractivity contribution in [2.24, 2.45) is 0 Å². The predicted octanol–water partition coefficient (Wildman–Crippen LogP) is 4.07. The van der Waals surface area contributed by atoms with Crippen molar-refractivity contribution in [3.8, 4) is 6.07 Å². The van der Waals surface area contributed by atoms with Crippen molar-refractivity contribution in [3.63, 3.8) is 0 Å². The van der Waals surface area contributed by atoms with Gasteiger partial charge in [0.05, 0.1) is 12.2 Å². The Balaban J connectivity index is 2.03. The second kappa shape index (κ2) is 5.21. The van der Waals surface area contributed by atoms with E-state index in [0.717, 1.165) is 10.9 Å². The van der Waals surface area contributed by atoms with Gasteiger partial charge in [-0.2, -0.15) is 23.5 Å². The van der Waals surface area contributed by atoms with Crippen LogP contribution in [-0.2, 0) is 0 Å². The molecule has 0 saturated heterocycles. The number of alkyl halides is 3. The van der Waals surface area contributed by atoms with Crippen molar-refractivity contribution in [2.75, 3.05) is 5.32 Å². The summed E-state index contributed by atoms with van der Waals surface area (Å²) in [7, 11) is 0. The second-order valence-corrected chi connectivity index (χ2v) is 5.44. The van der Waals surface area contributed by atoms with Gasteiger partial charge in [0, 0.05) is 11.4 Å². The van der Waals surface area contributed by atoms with Crippen LogP contribution in [0.15, 0.2) is 30.5 Å². The molecule has 0 amide bonds. The smallest absolute Gasteiger partial charge is 0.362 e. The van der Waals surface area contributed by atoms with Gasteiger partial charge in [-0.15, -0.1) is 0 Å². The molecule has 8 heteroatoms. The zero-order valence-corrected chi connectivity index (χ0v) is 11.9. The number of fused-ring (bicyclic) bond motifs is 1. The SMILES string of the molecule is N#Cc1cnn2c1N[C@@H](c1ccc(Cl)cc1)C[C@H]2C(F)(F)F. The lowest BCUT2D eigenvalue weighted by Gasteiger charge is -2.33. The Bertz CT molecular complexity index is 730. The second-order valence-electron chi connectivity index (χ2n) is 5.00. The number of rotatable bonds is 1. The van der Waals surface area contributed by atoms with Crippen molar-refractivity contribution in [1.82, 2.24) is 9.78 Å². The number of anilines is 1. The summed E-state index contributed by atoms with van der Waals surface area (Å²) in [6.45, 7) is 0. The fraction of sp³-hybridized carbons (Fsp3) is 0.286. The van der Waals surface area contributed by atoms with E-state index in [1.165, 1.54) is 0 Å². The third kappa shape index (κ3) is 2.50. The third-order valence-electron chi connectivity index (χ3n) is 3.63. The Labute approximate surface area is 129 Å². The highest BCUT2D eigenvalue weighted by atomic mass is 35.5.